The van der Waals surface area contributed by atoms with E-state index in [4.69, 9.17) is 4.42 Å². The van der Waals surface area contributed by atoms with Crippen LogP contribution in [0.5, 0.6) is 0 Å². The van der Waals surface area contributed by atoms with Crippen molar-refractivity contribution in [3.63, 3.8) is 0 Å². The van der Waals surface area contributed by atoms with Crippen LogP contribution in [0.1, 0.15) is 17.0 Å². The van der Waals surface area contributed by atoms with Crippen molar-refractivity contribution in [2.75, 3.05) is 6.54 Å². The maximum Gasteiger partial charge on any atom is 0.433 e. The molecule has 2 aromatic heterocycles. The maximum absolute atomic E-state index is 12.5. The Morgan fingerprint density at radius 2 is 2.04 bits per heavy atom. The van der Waals surface area contributed by atoms with Crippen molar-refractivity contribution in [2.24, 2.45) is 0 Å². The molecular weight excluding hydrogens is 336 g/mol. The van der Waals surface area contributed by atoms with Crippen molar-refractivity contribution in [3.8, 4) is 11.4 Å². The third-order valence-electron chi connectivity index (χ3n) is 4.40. The van der Waals surface area contributed by atoms with E-state index in [9.17, 15) is 14.9 Å². The van der Waals surface area contributed by atoms with Gasteiger partial charge in [-0.2, -0.15) is 0 Å². The van der Waals surface area contributed by atoms with Crippen LogP contribution in [0.2, 0.25) is 0 Å². The number of nitro groups is 1. The second-order valence-corrected chi connectivity index (χ2v) is 6.16. The number of benzene rings is 1. The van der Waals surface area contributed by atoms with Gasteiger partial charge < -0.3 is 9.40 Å². The van der Waals surface area contributed by atoms with Gasteiger partial charge in [-0.25, -0.2) is 4.98 Å². The minimum absolute atomic E-state index is 0.149. The Morgan fingerprint density at radius 3 is 2.77 bits per heavy atom. The zero-order chi connectivity index (χ0) is 18.1. The number of rotatable bonds is 4. The van der Waals surface area contributed by atoms with Crippen molar-refractivity contribution in [1.82, 2.24) is 14.9 Å². The van der Waals surface area contributed by atoms with E-state index in [1.54, 1.807) is 6.07 Å². The number of nitrogens with zero attached hydrogens (tertiary/aromatic N) is 3. The fourth-order valence-electron chi connectivity index (χ4n) is 3.12. The normalized spacial score (nSPS) is 14.2. The molecule has 3 heterocycles. The van der Waals surface area contributed by atoms with Crippen LogP contribution in [0.4, 0.5) is 5.88 Å². The first-order valence-electron chi connectivity index (χ1n) is 8.23. The molecule has 0 radical (unpaired) electrons. The summed E-state index contributed by atoms with van der Waals surface area (Å²) < 4.78 is 5.20. The van der Waals surface area contributed by atoms with Gasteiger partial charge in [0.05, 0.1) is 23.9 Å². The highest BCUT2D eigenvalue weighted by Crippen LogP contribution is 2.22. The van der Waals surface area contributed by atoms with E-state index < -0.39 is 4.92 Å². The molecule has 1 N–H and O–H groups in total. The molecule has 1 aromatic carbocycles. The molecule has 26 heavy (non-hydrogen) atoms. The Balaban J connectivity index is 1.55. The highest BCUT2D eigenvalue weighted by molar-refractivity contribution is 5.54. The van der Waals surface area contributed by atoms with Gasteiger partial charge in [0.15, 0.2) is 0 Å². The molecule has 8 nitrogen and oxygen atoms in total. The molecule has 1 aliphatic heterocycles. The van der Waals surface area contributed by atoms with Crippen LogP contribution in [-0.2, 0) is 19.5 Å². The molecule has 0 spiro atoms. The lowest BCUT2D eigenvalue weighted by molar-refractivity contribution is -0.402. The van der Waals surface area contributed by atoms with Crippen molar-refractivity contribution in [2.45, 2.75) is 19.5 Å². The fraction of sp³-hybridized carbons (Fsp3) is 0.222. The summed E-state index contributed by atoms with van der Waals surface area (Å²) in [5, 5.41) is 10.7. The van der Waals surface area contributed by atoms with Crippen LogP contribution in [0.25, 0.3) is 11.4 Å². The summed E-state index contributed by atoms with van der Waals surface area (Å²) >= 11 is 0. The quantitative estimate of drug-likeness (QED) is 0.571. The van der Waals surface area contributed by atoms with Gasteiger partial charge in [0.25, 0.3) is 5.56 Å². The van der Waals surface area contributed by atoms with Crippen molar-refractivity contribution < 1.29 is 9.34 Å². The summed E-state index contributed by atoms with van der Waals surface area (Å²) in [6.45, 7) is 1.54. The van der Waals surface area contributed by atoms with E-state index in [-0.39, 0.29) is 11.4 Å². The Kier molecular flexibility index (Phi) is 4.10. The van der Waals surface area contributed by atoms with Gasteiger partial charge >= 0.3 is 5.88 Å². The van der Waals surface area contributed by atoms with Crippen molar-refractivity contribution in [3.05, 3.63) is 80.0 Å². The molecule has 1 aliphatic rings. The van der Waals surface area contributed by atoms with Crippen LogP contribution in [0.3, 0.4) is 0 Å². The second kappa shape index (κ2) is 6.57. The highest BCUT2D eigenvalue weighted by atomic mass is 16.6. The van der Waals surface area contributed by atoms with Crippen LogP contribution in [0.15, 0.2) is 51.7 Å². The second-order valence-electron chi connectivity index (χ2n) is 6.16. The first-order chi connectivity index (χ1) is 12.6. The zero-order valence-electron chi connectivity index (χ0n) is 13.8. The summed E-state index contributed by atoms with van der Waals surface area (Å²) in [6, 6.07) is 12.5. The van der Waals surface area contributed by atoms with Crippen molar-refractivity contribution >= 4 is 5.88 Å². The van der Waals surface area contributed by atoms with Crippen LogP contribution >= 0.6 is 0 Å². The maximum atomic E-state index is 12.5. The number of hydrogen-bond acceptors (Lipinski definition) is 6. The van der Waals surface area contributed by atoms with Gasteiger partial charge in [-0.3, -0.25) is 19.8 Å². The number of nitrogens with one attached hydrogen (secondary N) is 1. The molecule has 4 rings (SSSR count). The van der Waals surface area contributed by atoms with Gasteiger partial charge in [0, 0.05) is 25.1 Å². The van der Waals surface area contributed by atoms with E-state index in [2.05, 4.69) is 9.97 Å². The lowest BCUT2D eigenvalue weighted by Gasteiger charge is -2.26. The number of hydrogen-bond donors (Lipinski definition) is 1. The average Bonchev–Trinajstić information content (AvgIpc) is 3.12. The molecule has 0 unspecified atom stereocenters. The molecule has 0 fully saturated rings. The molecule has 0 atom stereocenters. The molecule has 8 heteroatoms. The van der Waals surface area contributed by atoms with Crippen LogP contribution in [0, 0.1) is 10.1 Å². The van der Waals surface area contributed by atoms with E-state index in [0.717, 1.165) is 11.3 Å². The molecule has 0 saturated heterocycles. The topological polar surface area (TPSA) is 105 Å². The summed E-state index contributed by atoms with van der Waals surface area (Å²) in [5.41, 5.74) is 2.16. The van der Waals surface area contributed by atoms with E-state index >= 15 is 0 Å². The predicted octanol–water partition coefficient (Wildman–Crippen LogP) is 2.50. The monoisotopic (exact) mass is 352 g/mol. The number of furan rings is 1. The summed E-state index contributed by atoms with van der Waals surface area (Å²) in [5.74, 6) is 0.805. The highest BCUT2D eigenvalue weighted by Gasteiger charge is 2.23. The zero-order valence-corrected chi connectivity index (χ0v) is 13.8. The fourth-order valence-corrected chi connectivity index (χ4v) is 3.12. The molecule has 0 aliphatic carbocycles. The van der Waals surface area contributed by atoms with E-state index in [1.807, 2.05) is 35.2 Å². The Morgan fingerprint density at radius 1 is 1.23 bits per heavy atom. The Bertz CT molecular complexity index is 1010. The SMILES string of the molecule is O=c1[nH]c(-c2ccccc2)nc2c1CN(Cc1ccc([N+](=O)[O-])o1)CC2. The minimum Gasteiger partial charge on any atom is -0.404 e. The van der Waals surface area contributed by atoms with Crippen LogP contribution in [-0.4, -0.2) is 26.3 Å². The standard InChI is InChI=1S/C18H16N4O4/c23-18-14-11-21(10-13-6-7-16(26-13)22(24)25)9-8-15(14)19-17(20-18)12-4-2-1-3-5-12/h1-7H,8-11H2,(H,19,20,23). The number of aromatic nitrogens is 2. The third-order valence-corrected chi connectivity index (χ3v) is 4.40. The number of fused-ring (bicyclic) bond motifs is 1. The number of aromatic amines is 1. The summed E-state index contributed by atoms with van der Waals surface area (Å²) in [6.07, 6.45) is 0.641. The van der Waals surface area contributed by atoms with Crippen LogP contribution < -0.4 is 5.56 Å². The van der Waals surface area contributed by atoms with Gasteiger partial charge in [-0.05, 0) is 6.07 Å². The number of H-pyrrole nitrogens is 1. The minimum atomic E-state index is -0.561. The molecule has 132 valence electrons. The Hall–Kier alpha value is -3.26. The molecule has 0 amide bonds. The van der Waals surface area contributed by atoms with Gasteiger partial charge in [0.2, 0.25) is 0 Å². The summed E-state index contributed by atoms with van der Waals surface area (Å²) in [4.78, 5) is 32.1. The van der Waals surface area contributed by atoms with E-state index in [0.29, 0.717) is 43.2 Å². The van der Waals surface area contributed by atoms with Gasteiger partial charge in [0.1, 0.15) is 16.5 Å². The van der Waals surface area contributed by atoms with E-state index in [1.165, 1.54) is 6.07 Å². The molecule has 0 saturated carbocycles. The molecular formula is C18H16N4O4. The van der Waals surface area contributed by atoms with Gasteiger partial charge in [-0.15, -0.1) is 0 Å². The predicted molar refractivity (Wildman–Crippen MR) is 93.5 cm³/mol. The first kappa shape index (κ1) is 16.2. The lowest BCUT2D eigenvalue weighted by Crippen LogP contribution is -2.35. The lowest BCUT2D eigenvalue weighted by atomic mass is 10.1. The molecule has 0 bridgehead atoms. The third kappa shape index (κ3) is 3.14. The largest absolute Gasteiger partial charge is 0.433 e. The summed E-state index contributed by atoms with van der Waals surface area (Å²) in [7, 11) is 0. The van der Waals surface area contributed by atoms with Gasteiger partial charge in [-0.1, -0.05) is 30.3 Å². The van der Waals surface area contributed by atoms with Crippen molar-refractivity contribution in [1.29, 1.82) is 0 Å². The first-order valence-corrected chi connectivity index (χ1v) is 8.23. The average molecular weight is 352 g/mol. The Labute approximate surface area is 148 Å². The smallest absolute Gasteiger partial charge is 0.404 e. The molecule has 3 aromatic rings.